The van der Waals surface area contributed by atoms with Crippen molar-refractivity contribution in [1.82, 2.24) is 4.90 Å². The smallest absolute Gasteiger partial charge is 0.151 e. The molecule has 20 heavy (non-hydrogen) atoms. The lowest BCUT2D eigenvalue weighted by Gasteiger charge is -2.32. The third kappa shape index (κ3) is 3.54. The topological polar surface area (TPSA) is 63.4 Å². The molecule has 1 heterocycles. The molecule has 0 radical (unpaired) electrons. The van der Waals surface area contributed by atoms with Crippen LogP contribution < -0.4 is 5.73 Å². The number of sulfone groups is 1. The summed E-state index contributed by atoms with van der Waals surface area (Å²) in [6.07, 6.45) is 0.660. The van der Waals surface area contributed by atoms with Gasteiger partial charge in [0.05, 0.1) is 11.5 Å². The molecule has 4 nitrogen and oxygen atoms in total. The average molecular weight is 382 g/mol. The van der Waals surface area contributed by atoms with E-state index in [1.165, 1.54) is 0 Å². The molecule has 1 aliphatic rings. The Labute approximate surface area is 133 Å². The Balaban J connectivity index is 2.26. The first-order valence-corrected chi connectivity index (χ1v) is 9.40. The van der Waals surface area contributed by atoms with Gasteiger partial charge in [-0.1, -0.05) is 27.5 Å². The lowest BCUT2D eigenvalue weighted by atomic mass is 10.0. The van der Waals surface area contributed by atoms with E-state index in [1.54, 1.807) is 0 Å². The molecule has 1 aromatic rings. The average Bonchev–Trinajstić information content (AvgIpc) is 2.75. The standard InChI is InChI=1S/C13H18BrClN2O2S/c1-17(10-4-5-20(18,19)8-10)13(7-16)11-6-9(15)2-3-12(11)14/h2-3,6,10,13H,4-5,7-8,16H2,1H3. The molecule has 2 atom stereocenters. The molecule has 1 aromatic carbocycles. The summed E-state index contributed by atoms with van der Waals surface area (Å²) in [5, 5.41) is 0.647. The maximum Gasteiger partial charge on any atom is 0.151 e. The largest absolute Gasteiger partial charge is 0.329 e. The second kappa shape index (κ2) is 6.32. The van der Waals surface area contributed by atoms with Crippen LogP contribution in [0.5, 0.6) is 0 Å². The SMILES string of the molecule is CN(C1CCS(=O)(=O)C1)C(CN)c1cc(Cl)ccc1Br. The van der Waals surface area contributed by atoms with Gasteiger partial charge in [0.1, 0.15) is 0 Å². The number of likely N-dealkylation sites (N-methyl/N-ethyl adjacent to an activating group) is 1. The van der Waals surface area contributed by atoms with E-state index in [0.717, 1.165) is 10.0 Å². The van der Waals surface area contributed by atoms with Gasteiger partial charge in [-0.25, -0.2) is 8.42 Å². The molecule has 112 valence electrons. The van der Waals surface area contributed by atoms with Crippen molar-refractivity contribution in [3.05, 3.63) is 33.3 Å². The molecule has 2 N–H and O–H groups in total. The maximum atomic E-state index is 11.6. The quantitative estimate of drug-likeness (QED) is 0.868. The highest BCUT2D eigenvalue weighted by Gasteiger charge is 2.34. The van der Waals surface area contributed by atoms with Gasteiger partial charge >= 0.3 is 0 Å². The van der Waals surface area contributed by atoms with Gasteiger partial charge in [0.2, 0.25) is 0 Å². The lowest BCUT2D eigenvalue weighted by Crippen LogP contribution is -2.39. The molecule has 0 spiro atoms. The van der Waals surface area contributed by atoms with E-state index in [0.29, 0.717) is 18.0 Å². The number of halogens is 2. The predicted molar refractivity (Wildman–Crippen MR) is 85.8 cm³/mol. The zero-order valence-electron chi connectivity index (χ0n) is 11.2. The van der Waals surface area contributed by atoms with Crippen LogP contribution in [-0.2, 0) is 9.84 Å². The maximum absolute atomic E-state index is 11.6. The zero-order valence-corrected chi connectivity index (χ0v) is 14.4. The molecular formula is C13H18BrClN2O2S. The molecule has 0 saturated carbocycles. The Morgan fingerprint density at radius 2 is 2.25 bits per heavy atom. The van der Waals surface area contributed by atoms with Crippen molar-refractivity contribution in [2.24, 2.45) is 5.73 Å². The highest BCUT2D eigenvalue weighted by atomic mass is 79.9. The third-order valence-electron chi connectivity index (χ3n) is 3.82. The lowest BCUT2D eigenvalue weighted by molar-refractivity contribution is 0.192. The Kier molecular flexibility index (Phi) is 5.13. The minimum Gasteiger partial charge on any atom is -0.329 e. The van der Waals surface area contributed by atoms with E-state index in [9.17, 15) is 8.42 Å². The molecule has 1 saturated heterocycles. The summed E-state index contributed by atoms with van der Waals surface area (Å²) in [6.45, 7) is 0.409. The zero-order chi connectivity index (χ0) is 14.9. The minimum atomic E-state index is -2.90. The Morgan fingerprint density at radius 1 is 1.55 bits per heavy atom. The van der Waals surface area contributed by atoms with Crippen molar-refractivity contribution in [2.75, 3.05) is 25.1 Å². The van der Waals surface area contributed by atoms with Crippen LogP contribution in [0.3, 0.4) is 0 Å². The van der Waals surface area contributed by atoms with E-state index < -0.39 is 9.84 Å². The number of nitrogens with zero attached hydrogens (tertiary/aromatic N) is 1. The normalized spacial score (nSPS) is 23.1. The number of hydrogen-bond donors (Lipinski definition) is 1. The summed E-state index contributed by atoms with van der Waals surface area (Å²) in [4.78, 5) is 2.06. The highest BCUT2D eigenvalue weighted by molar-refractivity contribution is 9.10. The van der Waals surface area contributed by atoms with Gasteiger partial charge in [-0.05, 0) is 37.2 Å². The molecule has 0 amide bonds. The number of rotatable bonds is 4. The van der Waals surface area contributed by atoms with Crippen LogP contribution in [0.2, 0.25) is 5.02 Å². The summed E-state index contributed by atoms with van der Waals surface area (Å²) in [5.74, 6) is 0.466. The first kappa shape index (κ1) is 16.2. The molecule has 0 bridgehead atoms. The summed E-state index contributed by atoms with van der Waals surface area (Å²) in [7, 11) is -0.976. The first-order chi connectivity index (χ1) is 9.34. The molecular weight excluding hydrogens is 364 g/mol. The van der Waals surface area contributed by atoms with Gasteiger partial charge in [-0.3, -0.25) is 4.90 Å². The fourth-order valence-electron chi connectivity index (χ4n) is 2.63. The van der Waals surface area contributed by atoms with Crippen LogP contribution in [0.1, 0.15) is 18.0 Å². The third-order valence-corrected chi connectivity index (χ3v) is 6.52. The van der Waals surface area contributed by atoms with Crippen molar-refractivity contribution in [1.29, 1.82) is 0 Å². The molecule has 2 unspecified atom stereocenters. The van der Waals surface area contributed by atoms with Gasteiger partial charge < -0.3 is 5.73 Å². The first-order valence-electron chi connectivity index (χ1n) is 6.41. The molecule has 0 aliphatic carbocycles. The van der Waals surface area contributed by atoms with Crippen molar-refractivity contribution < 1.29 is 8.42 Å². The van der Waals surface area contributed by atoms with Gasteiger partial charge in [0, 0.05) is 28.1 Å². The molecule has 1 fully saturated rings. The van der Waals surface area contributed by atoms with E-state index in [4.69, 9.17) is 17.3 Å². The molecule has 1 aliphatic heterocycles. The number of benzene rings is 1. The second-order valence-electron chi connectivity index (χ2n) is 5.14. The van der Waals surface area contributed by atoms with Gasteiger partial charge in [0.25, 0.3) is 0 Å². The number of hydrogen-bond acceptors (Lipinski definition) is 4. The predicted octanol–water partition coefficient (Wildman–Crippen LogP) is 2.22. The molecule has 2 rings (SSSR count). The van der Waals surface area contributed by atoms with Crippen LogP contribution in [0.15, 0.2) is 22.7 Å². The molecule has 0 aromatic heterocycles. The Hall–Kier alpha value is -0.140. The summed E-state index contributed by atoms with van der Waals surface area (Å²) < 4.78 is 24.2. The van der Waals surface area contributed by atoms with E-state index in [-0.39, 0.29) is 23.6 Å². The fraction of sp³-hybridized carbons (Fsp3) is 0.538. The summed E-state index contributed by atoms with van der Waals surface area (Å²) >= 11 is 9.56. The van der Waals surface area contributed by atoms with Gasteiger partial charge in [-0.15, -0.1) is 0 Å². The van der Waals surface area contributed by atoms with Crippen molar-refractivity contribution in [3.8, 4) is 0 Å². The molecule has 7 heteroatoms. The van der Waals surface area contributed by atoms with E-state index >= 15 is 0 Å². The highest BCUT2D eigenvalue weighted by Crippen LogP contribution is 2.32. The van der Waals surface area contributed by atoms with Gasteiger partial charge in [0.15, 0.2) is 9.84 Å². The monoisotopic (exact) mass is 380 g/mol. The van der Waals surface area contributed by atoms with Crippen molar-refractivity contribution >= 4 is 37.4 Å². The minimum absolute atomic E-state index is 0.0134. The van der Waals surface area contributed by atoms with Crippen LogP contribution >= 0.6 is 27.5 Å². The van der Waals surface area contributed by atoms with E-state index in [2.05, 4.69) is 20.8 Å². The number of nitrogens with two attached hydrogens (primary N) is 1. The summed E-state index contributed by atoms with van der Waals surface area (Å²) in [5.41, 5.74) is 6.90. The van der Waals surface area contributed by atoms with Crippen LogP contribution in [0.25, 0.3) is 0 Å². The second-order valence-corrected chi connectivity index (χ2v) is 8.66. The van der Waals surface area contributed by atoms with Crippen LogP contribution in [0, 0.1) is 0 Å². The van der Waals surface area contributed by atoms with Gasteiger partial charge in [-0.2, -0.15) is 0 Å². The fourth-order valence-corrected chi connectivity index (χ4v) is 5.11. The Morgan fingerprint density at radius 3 is 2.80 bits per heavy atom. The summed E-state index contributed by atoms with van der Waals surface area (Å²) in [6, 6.07) is 5.53. The Bertz CT molecular complexity index is 594. The van der Waals surface area contributed by atoms with Crippen molar-refractivity contribution in [2.45, 2.75) is 18.5 Å². The van der Waals surface area contributed by atoms with Crippen LogP contribution in [-0.4, -0.2) is 44.5 Å². The van der Waals surface area contributed by atoms with Crippen LogP contribution in [0.4, 0.5) is 0 Å². The van der Waals surface area contributed by atoms with Crippen molar-refractivity contribution in [3.63, 3.8) is 0 Å². The van der Waals surface area contributed by atoms with E-state index in [1.807, 2.05) is 25.2 Å².